The van der Waals surface area contributed by atoms with Crippen molar-refractivity contribution < 1.29 is 4.79 Å². The number of anilines is 3. The molecule has 0 aliphatic rings. The van der Waals surface area contributed by atoms with Crippen LogP contribution < -0.4 is 16.0 Å². The van der Waals surface area contributed by atoms with Crippen molar-refractivity contribution in [1.82, 2.24) is 20.3 Å². The van der Waals surface area contributed by atoms with E-state index in [9.17, 15) is 4.79 Å². The van der Waals surface area contributed by atoms with Gasteiger partial charge < -0.3 is 10.6 Å². The number of hydrogen-bond donors (Lipinski definition) is 3. The third-order valence-electron chi connectivity index (χ3n) is 3.27. The highest BCUT2D eigenvalue weighted by atomic mass is 16.2. The first-order valence-corrected chi connectivity index (χ1v) is 7.64. The Kier molecular flexibility index (Phi) is 4.67. The van der Waals surface area contributed by atoms with Crippen LogP contribution in [-0.2, 0) is 0 Å². The van der Waals surface area contributed by atoms with Crippen molar-refractivity contribution in [2.75, 3.05) is 17.2 Å². The van der Waals surface area contributed by atoms with Crippen molar-refractivity contribution in [1.29, 1.82) is 5.26 Å². The van der Waals surface area contributed by atoms with Gasteiger partial charge in [0.15, 0.2) is 11.5 Å². The molecule has 2 heterocycles. The van der Waals surface area contributed by atoms with Crippen LogP contribution in [0.2, 0.25) is 0 Å². The molecule has 2 aromatic heterocycles. The van der Waals surface area contributed by atoms with Gasteiger partial charge in [-0.2, -0.15) is 5.26 Å². The zero-order valence-corrected chi connectivity index (χ0v) is 13.4. The average molecular weight is 333 g/mol. The molecule has 0 aliphatic carbocycles. The van der Waals surface area contributed by atoms with E-state index in [2.05, 4.69) is 37.0 Å². The lowest BCUT2D eigenvalue weighted by Gasteiger charge is -2.08. The van der Waals surface area contributed by atoms with Gasteiger partial charge in [-0.15, -0.1) is 0 Å². The van der Waals surface area contributed by atoms with Crippen molar-refractivity contribution in [3.05, 3.63) is 48.2 Å². The Labute approximate surface area is 143 Å². The molecule has 0 saturated heterocycles. The maximum absolute atomic E-state index is 11.6. The summed E-state index contributed by atoms with van der Waals surface area (Å²) in [5.74, 6) is 0.906. The third-order valence-corrected chi connectivity index (χ3v) is 3.27. The predicted molar refractivity (Wildman–Crippen MR) is 94.5 cm³/mol. The highest BCUT2D eigenvalue weighted by molar-refractivity contribution is 5.89. The van der Waals surface area contributed by atoms with Gasteiger partial charge in [0.1, 0.15) is 11.3 Å². The van der Waals surface area contributed by atoms with Gasteiger partial charge in [-0.25, -0.2) is 19.7 Å². The van der Waals surface area contributed by atoms with E-state index in [0.29, 0.717) is 34.9 Å². The Bertz CT molecular complexity index is 947. The Morgan fingerprint density at radius 1 is 1.12 bits per heavy atom. The number of pyridine rings is 1. The van der Waals surface area contributed by atoms with Crippen molar-refractivity contribution in [2.45, 2.75) is 6.92 Å². The van der Waals surface area contributed by atoms with E-state index in [1.165, 1.54) is 0 Å². The molecular formula is C17H15N7O. The van der Waals surface area contributed by atoms with Gasteiger partial charge in [-0.05, 0) is 43.3 Å². The second-order valence-corrected chi connectivity index (χ2v) is 5.09. The smallest absolute Gasteiger partial charge is 0.320 e. The number of nitrogens with zero attached hydrogens (tertiary/aromatic N) is 4. The van der Waals surface area contributed by atoms with Crippen LogP contribution in [0.25, 0.3) is 11.2 Å². The van der Waals surface area contributed by atoms with Crippen LogP contribution in [-0.4, -0.2) is 27.5 Å². The number of aromatic nitrogens is 3. The van der Waals surface area contributed by atoms with E-state index >= 15 is 0 Å². The fraction of sp³-hybridized carbons (Fsp3) is 0.118. The van der Waals surface area contributed by atoms with E-state index in [0.717, 1.165) is 5.69 Å². The predicted octanol–water partition coefficient (Wildman–Crippen LogP) is 2.78. The molecule has 1 aromatic carbocycles. The Morgan fingerprint density at radius 3 is 2.60 bits per heavy atom. The summed E-state index contributed by atoms with van der Waals surface area (Å²) in [5, 5.41) is 17.2. The van der Waals surface area contributed by atoms with Crippen LogP contribution in [0.5, 0.6) is 0 Å². The third kappa shape index (κ3) is 3.97. The highest BCUT2D eigenvalue weighted by Crippen LogP contribution is 2.18. The minimum absolute atomic E-state index is 0.325. The van der Waals surface area contributed by atoms with Gasteiger partial charge in [0.2, 0.25) is 0 Å². The first kappa shape index (κ1) is 16.1. The minimum atomic E-state index is -0.325. The van der Waals surface area contributed by atoms with Crippen LogP contribution in [0.1, 0.15) is 12.5 Å². The summed E-state index contributed by atoms with van der Waals surface area (Å²) in [6, 6.07) is 12.1. The first-order chi connectivity index (χ1) is 12.2. The van der Waals surface area contributed by atoms with E-state index in [4.69, 9.17) is 5.26 Å². The van der Waals surface area contributed by atoms with Gasteiger partial charge in [0, 0.05) is 12.2 Å². The van der Waals surface area contributed by atoms with Gasteiger partial charge >= 0.3 is 6.03 Å². The Hall–Kier alpha value is -3.73. The number of carbonyl (C=O) groups excluding carboxylic acids is 1. The molecule has 0 aliphatic heterocycles. The van der Waals surface area contributed by atoms with Crippen molar-refractivity contribution >= 4 is 34.5 Å². The summed E-state index contributed by atoms with van der Waals surface area (Å²) in [5.41, 5.74) is 2.39. The number of urea groups is 1. The van der Waals surface area contributed by atoms with Gasteiger partial charge in [0.25, 0.3) is 0 Å². The molecule has 3 N–H and O–H groups in total. The van der Waals surface area contributed by atoms with Gasteiger partial charge in [-0.1, -0.05) is 0 Å². The van der Waals surface area contributed by atoms with Crippen molar-refractivity contribution in [2.24, 2.45) is 0 Å². The molecule has 0 bridgehead atoms. The molecule has 25 heavy (non-hydrogen) atoms. The molecular weight excluding hydrogens is 318 g/mol. The second-order valence-electron chi connectivity index (χ2n) is 5.09. The maximum atomic E-state index is 11.6. The van der Waals surface area contributed by atoms with Gasteiger partial charge in [-0.3, -0.25) is 5.32 Å². The van der Waals surface area contributed by atoms with E-state index in [-0.39, 0.29) is 6.03 Å². The number of benzene rings is 1. The standard InChI is InChI=1S/C17H15N7O/c1-2-19-17(25)24-14-8-7-13-16(22-14)23-15(10-20-13)21-12-5-3-11(9-18)4-6-12/h3-8,10H,2H2,1H3,(H3,19,21,22,23,24,25). The first-order valence-electron chi connectivity index (χ1n) is 7.64. The summed E-state index contributed by atoms with van der Waals surface area (Å²) in [4.78, 5) is 24.6. The molecule has 0 radical (unpaired) electrons. The number of hydrogen-bond acceptors (Lipinski definition) is 6. The molecule has 8 nitrogen and oxygen atoms in total. The summed E-state index contributed by atoms with van der Waals surface area (Å²) in [7, 11) is 0. The lowest BCUT2D eigenvalue weighted by molar-refractivity contribution is 0.252. The van der Waals surface area contributed by atoms with Crippen molar-refractivity contribution in [3.63, 3.8) is 0 Å². The molecule has 0 fully saturated rings. The monoisotopic (exact) mass is 333 g/mol. The molecule has 0 saturated carbocycles. The number of rotatable bonds is 4. The van der Waals surface area contributed by atoms with Crippen molar-refractivity contribution in [3.8, 4) is 6.07 Å². The second kappa shape index (κ2) is 7.23. The molecule has 0 unspecified atom stereocenters. The molecule has 2 amide bonds. The average Bonchev–Trinajstić information content (AvgIpc) is 2.62. The number of carbonyl (C=O) groups is 1. The lowest BCUT2D eigenvalue weighted by Crippen LogP contribution is -2.28. The largest absolute Gasteiger partial charge is 0.339 e. The molecule has 124 valence electrons. The van der Waals surface area contributed by atoms with E-state index in [1.807, 2.05) is 6.92 Å². The molecule has 3 aromatic rings. The van der Waals surface area contributed by atoms with Gasteiger partial charge in [0.05, 0.1) is 17.8 Å². The van der Waals surface area contributed by atoms with Crippen LogP contribution >= 0.6 is 0 Å². The summed E-state index contributed by atoms with van der Waals surface area (Å²) >= 11 is 0. The van der Waals surface area contributed by atoms with E-state index < -0.39 is 0 Å². The minimum Gasteiger partial charge on any atom is -0.339 e. The topological polar surface area (TPSA) is 116 Å². The summed E-state index contributed by atoms with van der Waals surface area (Å²) in [6.07, 6.45) is 1.60. The molecule has 3 rings (SSSR count). The zero-order valence-electron chi connectivity index (χ0n) is 13.4. The Morgan fingerprint density at radius 2 is 1.88 bits per heavy atom. The van der Waals surface area contributed by atoms with Crippen LogP contribution in [0.15, 0.2) is 42.6 Å². The summed E-state index contributed by atoms with van der Waals surface area (Å²) < 4.78 is 0. The quantitative estimate of drug-likeness (QED) is 0.676. The van der Waals surface area contributed by atoms with Crippen LogP contribution in [0.3, 0.4) is 0 Å². The number of nitriles is 1. The molecule has 0 atom stereocenters. The number of amides is 2. The maximum Gasteiger partial charge on any atom is 0.320 e. The zero-order chi connectivity index (χ0) is 17.6. The SMILES string of the molecule is CCNC(=O)Nc1ccc2ncc(Nc3ccc(C#N)cc3)nc2n1. The number of nitrogens with one attached hydrogen (secondary N) is 3. The van der Waals surface area contributed by atoms with Crippen LogP contribution in [0, 0.1) is 11.3 Å². The molecule has 0 spiro atoms. The number of fused-ring (bicyclic) bond motifs is 1. The normalized spacial score (nSPS) is 10.1. The van der Waals surface area contributed by atoms with Crippen LogP contribution in [0.4, 0.5) is 22.1 Å². The molecule has 8 heteroatoms. The highest BCUT2D eigenvalue weighted by Gasteiger charge is 2.06. The Balaban J connectivity index is 1.82. The lowest BCUT2D eigenvalue weighted by atomic mass is 10.2. The summed E-state index contributed by atoms with van der Waals surface area (Å²) in [6.45, 7) is 2.36. The fourth-order valence-electron chi connectivity index (χ4n) is 2.12. The van der Waals surface area contributed by atoms with E-state index in [1.54, 1.807) is 42.6 Å². The fourth-order valence-corrected chi connectivity index (χ4v) is 2.12.